The number of methoxy groups -OCH3 is 1. The maximum absolute atomic E-state index is 13.9. The minimum absolute atomic E-state index is 0.0190. The van der Waals surface area contributed by atoms with Gasteiger partial charge in [0.25, 0.3) is 0 Å². The lowest BCUT2D eigenvalue weighted by atomic mass is 9.81. The molecule has 43 heavy (non-hydrogen) atoms. The molecule has 232 valence electrons. The van der Waals surface area contributed by atoms with Crippen molar-refractivity contribution in [2.75, 3.05) is 37.1 Å². The highest BCUT2D eigenvalue weighted by atomic mass is 19.4. The number of aliphatic hydroxyl groups is 2. The topological polar surface area (TPSA) is 86.1 Å². The number of aliphatic hydroxyl groups excluding tert-OH is 2. The van der Waals surface area contributed by atoms with E-state index >= 15 is 0 Å². The van der Waals surface area contributed by atoms with Gasteiger partial charge in [-0.2, -0.15) is 26.3 Å². The van der Waals surface area contributed by atoms with Crippen molar-refractivity contribution in [2.24, 2.45) is 0 Å². The Morgan fingerprint density at radius 2 is 1.58 bits per heavy atom. The van der Waals surface area contributed by atoms with Crippen LogP contribution in [0.4, 0.5) is 37.8 Å². The smallest absolute Gasteiger partial charge is 0.416 e. The van der Waals surface area contributed by atoms with Crippen LogP contribution in [-0.4, -0.2) is 60.6 Å². The van der Waals surface area contributed by atoms with Crippen LogP contribution in [0.5, 0.6) is 5.75 Å². The summed E-state index contributed by atoms with van der Waals surface area (Å²) in [5.74, 6) is 0.0115. The second-order valence-electron chi connectivity index (χ2n) is 10.9. The van der Waals surface area contributed by atoms with Crippen LogP contribution < -0.4 is 14.5 Å². The van der Waals surface area contributed by atoms with E-state index in [9.17, 15) is 41.4 Å². The van der Waals surface area contributed by atoms with Gasteiger partial charge in [0.1, 0.15) is 11.6 Å². The zero-order chi connectivity index (χ0) is 31.9. The highest BCUT2D eigenvalue weighted by Gasteiger charge is 2.41. The average molecular weight is 612 g/mol. The Kier molecular flexibility index (Phi) is 8.72. The molecule has 2 heterocycles. The molecule has 0 radical (unpaired) electrons. The van der Waals surface area contributed by atoms with Gasteiger partial charge in [-0.1, -0.05) is 18.2 Å². The molecule has 1 fully saturated rings. The number of alkyl halides is 6. The first kappa shape index (κ1) is 32.1. The summed E-state index contributed by atoms with van der Waals surface area (Å²) in [4.78, 5) is 21.2. The molecule has 0 bridgehead atoms. The van der Waals surface area contributed by atoms with E-state index in [0.717, 1.165) is 4.90 Å². The molecule has 1 aliphatic heterocycles. The molecule has 2 N–H and O–H groups in total. The number of carbonyl (C=O) groups excluding carboxylic acids is 1. The van der Waals surface area contributed by atoms with Crippen molar-refractivity contribution in [2.45, 2.75) is 50.2 Å². The number of likely N-dealkylation sites (N-methyl/N-ethyl adjacent to an activating group) is 1. The highest BCUT2D eigenvalue weighted by Crippen LogP contribution is 2.42. The molecule has 0 unspecified atom stereocenters. The fraction of sp³-hybridized carbons (Fsp3) is 0.400. The number of para-hydroxylation sites is 1. The van der Waals surface area contributed by atoms with Crippen molar-refractivity contribution in [3.05, 3.63) is 71.4 Å². The Balaban J connectivity index is 1.84. The summed E-state index contributed by atoms with van der Waals surface area (Å²) in [5, 5.41) is 20.0. The van der Waals surface area contributed by atoms with Gasteiger partial charge in [0.15, 0.2) is 0 Å². The Bertz CT molecular complexity index is 1460. The standard InChI is InChI=1S/C30H31F6N3O4/c1-28(2,17-9-18(29(31,32)33)11-19(10-17)30(34,35)36)27(42)38(3)24-14-37-26(39-15-21(41)12-20(39)16-40)13-23(24)22-7-5-6-8-25(22)43-4/h5-11,13-14,20-21,40-41H,12,15-16H2,1-4H3/t20-,21+/m0/s1. The van der Waals surface area contributed by atoms with Gasteiger partial charge in [0.05, 0.1) is 54.3 Å². The maximum Gasteiger partial charge on any atom is 0.416 e. The van der Waals surface area contributed by atoms with Gasteiger partial charge in [-0.05, 0) is 56.2 Å². The van der Waals surface area contributed by atoms with E-state index in [1.807, 2.05) is 0 Å². The van der Waals surface area contributed by atoms with E-state index in [2.05, 4.69) is 4.98 Å². The predicted octanol–water partition coefficient (Wildman–Crippen LogP) is 5.67. The van der Waals surface area contributed by atoms with Crippen LogP contribution in [0, 0.1) is 0 Å². The number of nitrogens with zero attached hydrogens (tertiary/aromatic N) is 3. The van der Waals surface area contributed by atoms with E-state index in [-0.39, 0.29) is 24.9 Å². The number of amides is 1. The Labute approximate surface area is 244 Å². The van der Waals surface area contributed by atoms with Crippen LogP contribution in [0.1, 0.15) is 37.0 Å². The molecule has 1 aromatic heterocycles. The Hall–Kier alpha value is -3.84. The van der Waals surface area contributed by atoms with Crippen molar-refractivity contribution < 1.29 is 46.1 Å². The summed E-state index contributed by atoms with van der Waals surface area (Å²) in [6.07, 6.45) is -9.18. The number of hydrogen-bond acceptors (Lipinski definition) is 6. The van der Waals surface area contributed by atoms with Gasteiger partial charge >= 0.3 is 12.4 Å². The van der Waals surface area contributed by atoms with E-state index in [1.165, 1.54) is 34.2 Å². The second kappa shape index (κ2) is 11.7. The van der Waals surface area contributed by atoms with Crippen molar-refractivity contribution in [3.8, 4) is 16.9 Å². The maximum atomic E-state index is 13.9. The van der Waals surface area contributed by atoms with Crippen LogP contribution in [-0.2, 0) is 22.6 Å². The Morgan fingerprint density at radius 3 is 2.14 bits per heavy atom. The third kappa shape index (κ3) is 6.42. The molecule has 3 aromatic rings. The lowest BCUT2D eigenvalue weighted by Crippen LogP contribution is -2.42. The van der Waals surface area contributed by atoms with Crippen molar-refractivity contribution in [1.29, 1.82) is 0 Å². The number of carbonyl (C=O) groups is 1. The summed E-state index contributed by atoms with van der Waals surface area (Å²) in [6, 6.07) is 9.20. The fourth-order valence-corrected chi connectivity index (χ4v) is 5.26. The predicted molar refractivity (Wildman–Crippen MR) is 148 cm³/mol. The summed E-state index contributed by atoms with van der Waals surface area (Å²) in [7, 11) is 2.80. The third-order valence-corrected chi connectivity index (χ3v) is 7.67. The van der Waals surface area contributed by atoms with Gasteiger partial charge in [-0.3, -0.25) is 4.79 Å². The lowest BCUT2D eigenvalue weighted by Gasteiger charge is -2.32. The highest BCUT2D eigenvalue weighted by molar-refractivity contribution is 6.03. The molecular weight excluding hydrogens is 580 g/mol. The average Bonchev–Trinajstić information content (AvgIpc) is 3.35. The minimum atomic E-state index is -5.08. The fourth-order valence-electron chi connectivity index (χ4n) is 5.26. The first-order valence-electron chi connectivity index (χ1n) is 13.3. The van der Waals surface area contributed by atoms with Crippen LogP contribution in [0.2, 0.25) is 0 Å². The number of anilines is 2. The van der Waals surface area contributed by atoms with Gasteiger partial charge in [-0.25, -0.2) is 4.98 Å². The molecule has 0 spiro atoms. The van der Waals surface area contributed by atoms with Crippen molar-refractivity contribution >= 4 is 17.4 Å². The normalized spacial score (nSPS) is 17.7. The minimum Gasteiger partial charge on any atom is -0.496 e. The van der Waals surface area contributed by atoms with Gasteiger partial charge in [0, 0.05) is 24.7 Å². The lowest BCUT2D eigenvalue weighted by molar-refractivity contribution is -0.143. The number of benzene rings is 2. The van der Waals surface area contributed by atoms with Crippen LogP contribution in [0.15, 0.2) is 54.7 Å². The zero-order valence-corrected chi connectivity index (χ0v) is 23.8. The number of β-amino-alcohol motifs (C(OH)–C–C–N with tert-alkyl or cyclic N) is 1. The number of aromatic nitrogens is 1. The molecule has 1 aliphatic rings. The molecule has 0 aliphatic carbocycles. The van der Waals surface area contributed by atoms with Gasteiger partial charge in [-0.15, -0.1) is 0 Å². The second-order valence-corrected chi connectivity index (χ2v) is 10.9. The first-order valence-corrected chi connectivity index (χ1v) is 13.3. The molecule has 1 amide bonds. The molecule has 0 saturated carbocycles. The number of ether oxygens (including phenoxy) is 1. The van der Waals surface area contributed by atoms with E-state index in [4.69, 9.17) is 4.74 Å². The van der Waals surface area contributed by atoms with Crippen LogP contribution in [0.3, 0.4) is 0 Å². The summed E-state index contributed by atoms with van der Waals surface area (Å²) in [6.45, 7) is 2.46. The van der Waals surface area contributed by atoms with E-state index in [0.29, 0.717) is 41.2 Å². The molecule has 2 atom stereocenters. The van der Waals surface area contributed by atoms with E-state index < -0.39 is 52.5 Å². The van der Waals surface area contributed by atoms with Crippen molar-refractivity contribution in [1.82, 2.24) is 4.98 Å². The largest absolute Gasteiger partial charge is 0.496 e. The van der Waals surface area contributed by atoms with Gasteiger partial charge in [0.2, 0.25) is 5.91 Å². The third-order valence-electron chi connectivity index (χ3n) is 7.67. The number of hydrogen-bond donors (Lipinski definition) is 2. The SMILES string of the molecule is COc1ccccc1-c1cc(N2C[C@H](O)C[C@H]2CO)ncc1N(C)C(=O)C(C)(C)c1cc(C(F)(F)F)cc(C(F)(F)F)c1. The first-order chi connectivity index (χ1) is 20.0. The Morgan fingerprint density at radius 1 is 1.00 bits per heavy atom. The quantitative estimate of drug-likeness (QED) is 0.335. The number of halogens is 6. The molecule has 7 nitrogen and oxygen atoms in total. The van der Waals surface area contributed by atoms with Crippen LogP contribution >= 0.6 is 0 Å². The monoisotopic (exact) mass is 611 g/mol. The number of pyridine rings is 1. The summed E-state index contributed by atoms with van der Waals surface area (Å²) >= 11 is 0. The number of rotatable bonds is 7. The van der Waals surface area contributed by atoms with E-state index in [1.54, 1.807) is 35.2 Å². The van der Waals surface area contributed by atoms with Gasteiger partial charge < -0.3 is 24.7 Å². The van der Waals surface area contributed by atoms with Crippen LogP contribution in [0.25, 0.3) is 11.1 Å². The summed E-state index contributed by atoms with van der Waals surface area (Å²) in [5.41, 5.74) is -4.19. The zero-order valence-electron chi connectivity index (χ0n) is 23.8. The molecular formula is C30H31F6N3O4. The molecule has 4 rings (SSSR count). The van der Waals surface area contributed by atoms with Crippen molar-refractivity contribution in [3.63, 3.8) is 0 Å². The summed E-state index contributed by atoms with van der Waals surface area (Å²) < 4.78 is 87.0. The molecule has 2 aromatic carbocycles. The molecule has 1 saturated heterocycles. The molecule has 13 heteroatoms.